The largest absolute Gasteiger partial charge is 0.547 e. The van der Waals surface area contributed by atoms with E-state index in [4.69, 9.17) is 8.85 Å². The van der Waals surface area contributed by atoms with Crippen LogP contribution in [0.2, 0.25) is 38.3 Å². The van der Waals surface area contributed by atoms with Crippen LogP contribution in [-0.4, -0.2) is 22.7 Å². The highest BCUT2D eigenvalue weighted by atomic mass is 28.4. The van der Waals surface area contributed by atoms with Gasteiger partial charge in [0.2, 0.25) is 8.32 Å². The number of hydrogen-bond donors (Lipinski definition) is 0. The van der Waals surface area contributed by atoms with Gasteiger partial charge in [-0.2, -0.15) is 0 Å². The average molecular weight is 487 g/mol. The summed E-state index contributed by atoms with van der Waals surface area (Å²) in [6, 6.07) is 2.10. The van der Waals surface area contributed by atoms with E-state index >= 15 is 0 Å². The molecule has 4 heteroatoms. The van der Waals surface area contributed by atoms with Gasteiger partial charge in [-0.05, 0) is 125 Å². The Labute approximate surface area is 206 Å². The summed E-state index contributed by atoms with van der Waals surface area (Å²) >= 11 is 0. The van der Waals surface area contributed by atoms with Crippen molar-refractivity contribution >= 4 is 16.6 Å². The van der Waals surface area contributed by atoms with Gasteiger partial charge in [0.05, 0.1) is 5.76 Å². The maximum absolute atomic E-state index is 6.81. The molecular formula is C29H50O2Si2. The van der Waals surface area contributed by atoms with E-state index in [0.29, 0.717) is 11.5 Å². The molecule has 0 aromatic carbocycles. The smallest absolute Gasteiger partial charge is 0.248 e. The van der Waals surface area contributed by atoms with Gasteiger partial charge in [0.1, 0.15) is 0 Å². The summed E-state index contributed by atoms with van der Waals surface area (Å²) in [5.41, 5.74) is 0.769. The maximum Gasteiger partial charge on any atom is 0.248 e. The molecule has 3 saturated carbocycles. The topological polar surface area (TPSA) is 18.5 Å². The highest BCUT2D eigenvalue weighted by Gasteiger charge is 2.59. The predicted octanol–water partition coefficient (Wildman–Crippen LogP) is 8.71. The van der Waals surface area contributed by atoms with Gasteiger partial charge in [-0.15, -0.1) is 13.2 Å². The summed E-state index contributed by atoms with van der Waals surface area (Å²) in [7, 11) is -3.32. The normalized spacial score (nSPS) is 40.8. The van der Waals surface area contributed by atoms with Crippen molar-refractivity contribution in [1.29, 1.82) is 0 Å². The van der Waals surface area contributed by atoms with Gasteiger partial charge in [-0.25, -0.2) is 0 Å². The average Bonchev–Trinajstić information content (AvgIpc) is 3.03. The standard InChI is InChI=1S/C29H50O2Si2/c1-9-19-32(5,6)30-23-15-17-28(3)22(21-23)11-12-24-25-13-14-27(31-33(7,8)20-10-2)29(25,4)18-16-26(24)28/h9-10,14,22-26H,1-2,11-13,15-21H2,3-8H3/t22-,23-,24?,25?,26?,28-,29-/m0/s1. The summed E-state index contributed by atoms with van der Waals surface area (Å²) in [5, 5.41) is 0. The van der Waals surface area contributed by atoms with E-state index in [-0.39, 0.29) is 5.41 Å². The maximum atomic E-state index is 6.81. The van der Waals surface area contributed by atoms with Crippen LogP contribution >= 0.6 is 0 Å². The number of rotatable bonds is 8. The Bertz CT molecular complexity index is 786. The lowest BCUT2D eigenvalue weighted by atomic mass is 9.45. The fourth-order valence-electron chi connectivity index (χ4n) is 8.55. The molecule has 186 valence electrons. The van der Waals surface area contributed by atoms with Crippen LogP contribution < -0.4 is 0 Å². The summed E-state index contributed by atoms with van der Waals surface area (Å²) < 4.78 is 13.6. The zero-order valence-corrected chi connectivity index (χ0v) is 24.4. The van der Waals surface area contributed by atoms with Gasteiger partial charge >= 0.3 is 0 Å². The van der Waals surface area contributed by atoms with Crippen molar-refractivity contribution in [2.75, 3.05) is 0 Å². The highest BCUT2D eigenvalue weighted by molar-refractivity contribution is 6.72. The monoisotopic (exact) mass is 486 g/mol. The van der Waals surface area contributed by atoms with E-state index in [1.54, 1.807) is 0 Å². The number of fused-ring (bicyclic) bond motifs is 5. The molecule has 0 aromatic rings. The van der Waals surface area contributed by atoms with Crippen LogP contribution in [-0.2, 0) is 8.85 Å². The molecule has 4 rings (SSSR count). The molecule has 3 fully saturated rings. The molecule has 0 spiro atoms. The van der Waals surface area contributed by atoms with Crippen molar-refractivity contribution in [1.82, 2.24) is 0 Å². The molecule has 0 bridgehead atoms. The molecular weight excluding hydrogens is 436 g/mol. The molecule has 0 aromatic heterocycles. The van der Waals surface area contributed by atoms with Crippen LogP contribution in [0, 0.1) is 34.5 Å². The lowest BCUT2D eigenvalue weighted by molar-refractivity contribution is -0.119. The first-order valence-corrected chi connectivity index (χ1v) is 20.0. The Balaban J connectivity index is 1.45. The first kappa shape index (κ1) is 25.5. The van der Waals surface area contributed by atoms with Crippen molar-refractivity contribution in [3.05, 3.63) is 37.1 Å². The van der Waals surface area contributed by atoms with Crippen LogP contribution in [0.25, 0.3) is 0 Å². The van der Waals surface area contributed by atoms with E-state index in [0.717, 1.165) is 35.8 Å². The second-order valence-electron chi connectivity index (χ2n) is 13.5. The van der Waals surface area contributed by atoms with Gasteiger partial charge in [0.25, 0.3) is 0 Å². The molecule has 3 unspecified atom stereocenters. The SMILES string of the molecule is C=CC[Si](C)(C)OC1=CCC2C3CC[C@H]4C[C@@H](O[Si](C)(C)CC=C)CC[C@]4(C)C3CC[C@]12C. The minimum atomic E-state index is -1.71. The number of allylic oxidation sites excluding steroid dienone is 4. The lowest BCUT2D eigenvalue weighted by Crippen LogP contribution is -2.54. The van der Waals surface area contributed by atoms with E-state index < -0.39 is 16.6 Å². The zero-order valence-electron chi connectivity index (χ0n) is 22.4. The fourth-order valence-corrected chi connectivity index (χ4v) is 12.1. The zero-order chi connectivity index (χ0) is 24.1. The van der Waals surface area contributed by atoms with Crippen LogP contribution in [0.5, 0.6) is 0 Å². The van der Waals surface area contributed by atoms with E-state index in [2.05, 4.69) is 71.4 Å². The quantitative estimate of drug-likeness (QED) is 0.252. The minimum Gasteiger partial charge on any atom is -0.547 e. The molecule has 0 N–H and O–H groups in total. The van der Waals surface area contributed by atoms with Crippen LogP contribution in [0.1, 0.15) is 65.2 Å². The molecule has 4 aliphatic carbocycles. The predicted molar refractivity (Wildman–Crippen MR) is 146 cm³/mol. The lowest BCUT2D eigenvalue weighted by Gasteiger charge is -2.61. The summed E-state index contributed by atoms with van der Waals surface area (Å²) in [5.74, 6) is 4.74. The summed E-state index contributed by atoms with van der Waals surface area (Å²) in [6.07, 6.45) is 17.8. The third-order valence-electron chi connectivity index (χ3n) is 10.3. The van der Waals surface area contributed by atoms with E-state index in [1.807, 2.05) is 0 Å². The van der Waals surface area contributed by atoms with Crippen LogP contribution in [0.15, 0.2) is 37.1 Å². The molecule has 0 heterocycles. The van der Waals surface area contributed by atoms with Gasteiger partial charge in [0, 0.05) is 11.5 Å². The molecule has 0 radical (unpaired) electrons. The Morgan fingerprint density at radius 2 is 1.64 bits per heavy atom. The molecule has 0 saturated heterocycles. The third kappa shape index (κ3) is 4.78. The second kappa shape index (κ2) is 9.13. The van der Waals surface area contributed by atoms with Crippen LogP contribution in [0.4, 0.5) is 0 Å². The van der Waals surface area contributed by atoms with Crippen molar-refractivity contribution in [2.24, 2.45) is 34.5 Å². The third-order valence-corrected chi connectivity index (χ3v) is 14.6. The molecule has 0 aliphatic heterocycles. The van der Waals surface area contributed by atoms with Gasteiger partial charge in [0.15, 0.2) is 8.32 Å². The van der Waals surface area contributed by atoms with E-state index in [9.17, 15) is 0 Å². The molecule has 2 nitrogen and oxygen atoms in total. The molecule has 33 heavy (non-hydrogen) atoms. The van der Waals surface area contributed by atoms with E-state index in [1.165, 1.54) is 57.1 Å². The number of hydrogen-bond acceptors (Lipinski definition) is 2. The van der Waals surface area contributed by atoms with Gasteiger partial charge < -0.3 is 8.85 Å². The second-order valence-corrected chi connectivity index (χ2v) is 21.8. The minimum absolute atomic E-state index is 0.260. The van der Waals surface area contributed by atoms with Crippen molar-refractivity contribution in [3.8, 4) is 0 Å². The molecule has 4 aliphatic rings. The van der Waals surface area contributed by atoms with Crippen molar-refractivity contribution in [2.45, 2.75) is 110 Å². The molecule has 7 atom stereocenters. The molecule has 0 amide bonds. The van der Waals surface area contributed by atoms with Crippen LogP contribution in [0.3, 0.4) is 0 Å². The highest BCUT2D eigenvalue weighted by Crippen LogP contribution is 2.66. The summed E-state index contributed by atoms with van der Waals surface area (Å²) in [6.45, 7) is 22.6. The van der Waals surface area contributed by atoms with Gasteiger partial charge in [-0.3, -0.25) is 0 Å². The fraction of sp³-hybridized carbons (Fsp3) is 0.793. The first-order valence-electron chi connectivity index (χ1n) is 13.7. The van der Waals surface area contributed by atoms with Gasteiger partial charge in [-0.1, -0.05) is 26.0 Å². The Morgan fingerprint density at radius 3 is 2.33 bits per heavy atom. The Hall–Kier alpha value is -0.586. The van der Waals surface area contributed by atoms with Crippen molar-refractivity contribution in [3.63, 3.8) is 0 Å². The Morgan fingerprint density at radius 1 is 0.939 bits per heavy atom. The Kier molecular flexibility index (Phi) is 7.06. The summed E-state index contributed by atoms with van der Waals surface area (Å²) in [4.78, 5) is 0. The van der Waals surface area contributed by atoms with Crippen molar-refractivity contribution < 1.29 is 8.85 Å². The first-order chi connectivity index (χ1) is 15.4.